The van der Waals surface area contributed by atoms with Gasteiger partial charge in [-0.1, -0.05) is 23.2 Å². The fourth-order valence-corrected chi connectivity index (χ4v) is 3.86. The number of halogens is 2. The van der Waals surface area contributed by atoms with Gasteiger partial charge in [0.05, 0.1) is 23.9 Å². The number of carbonyl (C=O) groups excluding carboxylic acids is 1. The predicted octanol–water partition coefficient (Wildman–Crippen LogP) is 4.23. The molecule has 0 atom stereocenters. The predicted molar refractivity (Wildman–Crippen MR) is 102 cm³/mol. The van der Waals surface area contributed by atoms with Gasteiger partial charge >= 0.3 is 6.03 Å². The molecule has 2 aromatic carbocycles. The second-order valence-electron chi connectivity index (χ2n) is 6.27. The molecule has 0 aliphatic carbocycles. The van der Waals surface area contributed by atoms with E-state index in [0.29, 0.717) is 41.9 Å². The number of nitrogens with one attached hydrogen (secondary N) is 2. The van der Waals surface area contributed by atoms with E-state index in [1.165, 1.54) is 11.1 Å². The number of rotatable bonds is 4. The molecule has 0 fully saturated rings. The van der Waals surface area contributed by atoms with Gasteiger partial charge in [0.25, 0.3) is 0 Å². The summed E-state index contributed by atoms with van der Waals surface area (Å²) in [5.41, 5.74) is 4.07. The molecular formula is C19H18Cl2N2O3. The third-order valence-electron chi connectivity index (χ3n) is 4.60. The van der Waals surface area contributed by atoms with Gasteiger partial charge in [-0.05, 0) is 30.7 Å². The van der Waals surface area contributed by atoms with Crippen LogP contribution in [-0.2, 0) is 19.3 Å². The highest BCUT2D eigenvalue weighted by atomic mass is 35.5. The summed E-state index contributed by atoms with van der Waals surface area (Å²) < 4.78 is 11.5. The smallest absolute Gasteiger partial charge is 0.319 e. The minimum atomic E-state index is -0.310. The van der Waals surface area contributed by atoms with Gasteiger partial charge in [-0.25, -0.2) is 4.79 Å². The highest BCUT2D eigenvalue weighted by Gasteiger charge is 2.26. The monoisotopic (exact) mass is 392 g/mol. The lowest BCUT2D eigenvalue weighted by molar-refractivity contribution is 0.252. The standard InChI is InChI=1S/C19H18Cl2N2O3/c20-12-1-2-16(15(21)10-12)23-19(24)22-6-3-14-13-5-8-25-17(13)9-11-4-7-26-18(11)14/h1-2,9-10H,3-8H2,(H2,22,23,24). The number of anilines is 1. The second-order valence-corrected chi connectivity index (χ2v) is 7.12. The maximum Gasteiger partial charge on any atom is 0.319 e. The quantitative estimate of drug-likeness (QED) is 0.818. The zero-order valence-corrected chi connectivity index (χ0v) is 15.5. The van der Waals surface area contributed by atoms with E-state index in [-0.39, 0.29) is 6.03 Å². The zero-order valence-electron chi connectivity index (χ0n) is 14.0. The van der Waals surface area contributed by atoms with Gasteiger partial charge in [0.1, 0.15) is 11.5 Å². The highest BCUT2D eigenvalue weighted by Crippen LogP contribution is 2.40. The Balaban J connectivity index is 1.40. The molecule has 0 saturated heterocycles. The number of fused-ring (bicyclic) bond motifs is 2. The van der Waals surface area contributed by atoms with Crippen LogP contribution < -0.4 is 20.1 Å². The molecule has 0 unspecified atom stereocenters. The maximum atomic E-state index is 12.1. The summed E-state index contributed by atoms with van der Waals surface area (Å²) in [6, 6.07) is 6.72. The van der Waals surface area contributed by atoms with Crippen molar-refractivity contribution >= 4 is 34.9 Å². The molecule has 0 bridgehead atoms. The zero-order chi connectivity index (χ0) is 18.1. The molecule has 0 aromatic heterocycles. The van der Waals surface area contributed by atoms with Crippen LogP contribution in [0.1, 0.15) is 16.7 Å². The molecule has 2 aromatic rings. The van der Waals surface area contributed by atoms with Crippen molar-refractivity contribution in [1.82, 2.24) is 5.32 Å². The van der Waals surface area contributed by atoms with E-state index in [2.05, 4.69) is 16.7 Å². The van der Waals surface area contributed by atoms with Gasteiger partial charge in [-0.2, -0.15) is 0 Å². The molecule has 0 radical (unpaired) electrons. The SMILES string of the molecule is O=C(NCCc1c2c(cc3c1OCC3)OCC2)Nc1ccc(Cl)cc1Cl. The number of hydrogen-bond donors (Lipinski definition) is 2. The number of benzene rings is 2. The number of hydrogen-bond acceptors (Lipinski definition) is 3. The van der Waals surface area contributed by atoms with Crippen molar-refractivity contribution in [2.24, 2.45) is 0 Å². The number of carbonyl (C=O) groups is 1. The lowest BCUT2D eigenvalue weighted by Crippen LogP contribution is -2.30. The first kappa shape index (κ1) is 17.3. The van der Waals surface area contributed by atoms with Crippen LogP contribution in [0.3, 0.4) is 0 Å². The molecule has 136 valence electrons. The molecule has 2 amide bonds. The molecule has 0 saturated carbocycles. The Morgan fingerprint density at radius 2 is 1.96 bits per heavy atom. The van der Waals surface area contributed by atoms with Crippen LogP contribution >= 0.6 is 23.2 Å². The Bertz CT molecular complexity index is 838. The van der Waals surface area contributed by atoms with Gasteiger partial charge in [-0.3, -0.25) is 0 Å². The molecule has 0 spiro atoms. The molecule has 2 aliphatic heterocycles. The van der Waals surface area contributed by atoms with Crippen molar-refractivity contribution < 1.29 is 14.3 Å². The van der Waals surface area contributed by atoms with Crippen molar-refractivity contribution in [2.45, 2.75) is 19.3 Å². The van der Waals surface area contributed by atoms with Crippen LogP contribution in [0, 0.1) is 0 Å². The van der Waals surface area contributed by atoms with Crippen LogP contribution in [0.15, 0.2) is 24.3 Å². The van der Waals surface area contributed by atoms with Gasteiger partial charge in [-0.15, -0.1) is 0 Å². The van der Waals surface area contributed by atoms with Crippen molar-refractivity contribution in [2.75, 3.05) is 25.1 Å². The van der Waals surface area contributed by atoms with E-state index >= 15 is 0 Å². The average molecular weight is 393 g/mol. The summed E-state index contributed by atoms with van der Waals surface area (Å²) >= 11 is 11.9. The summed E-state index contributed by atoms with van der Waals surface area (Å²) in [4.78, 5) is 12.1. The van der Waals surface area contributed by atoms with Crippen molar-refractivity contribution in [1.29, 1.82) is 0 Å². The van der Waals surface area contributed by atoms with Gasteiger partial charge in [0.2, 0.25) is 0 Å². The van der Waals surface area contributed by atoms with Gasteiger partial charge < -0.3 is 20.1 Å². The minimum absolute atomic E-state index is 0.310. The number of ether oxygens (including phenoxy) is 2. The highest BCUT2D eigenvalue weighted by molar-refractivity contribution is 6.36. The maximum absolute atomic E-state index is 12.1. The normalized spacial score (nSPS) is 14.2. The first-order valence-electron chi connectivity index (χ1n) is 8.55. The Morgan fingerprint density at radius 1 is 1.12 bits per heavy atom. The van der Waals surface area contributed by atoms with E-state index in [4.69, 9.17) is 32.7 Å². The van der Waals surface area contributed by atoms with E-state index in [9.17, 15) is 4.79 Å². The van der Waals surface area contributed by atoms with Crippen LogP contribution in [-0.4, -0.2) is 25.8 Å². The van der Waals surface area contributed by atoms with E-state index in [0.717, 1.165) is 29.9 Å². The molecule has 2 heterocycles. The van der Waals surface area contributed by atoms with Gasteiger partial charge in [0.15, 0.2) is 0 Å². The first-order valence-corrected chi connectivity index (χ1v) is 9.30. The Hall–Kier alpha value is -2.11. The number of amides is 2. The number of urea groups is 1. The summed E-state index contributed by atoms with van der Waals surface area (Å²) in [5, 5.41) is 6.52. The third-order valence-corrected chi connectivity index (χ3v) is 5.15. The lowest BCUT2D eigenvalue weighted by Gasteiger charge is -2.14. The van der Waals surface area contributed by atoms with Crippen LogP contribution in [0.2, 0.25) is 10.0 Å². The fraction of sp³-hybridized carbons (Fsp3) is 0.316. The minimum Gasteiger partial charge on any atom is -0.493 e. The van der Waals surface area contributed by atoms with E-state index in [1.807, 2.05) is 0 Å². The first-order chi connectivity index (χ1) is 12.6. The Labute approximate surface area is 161 Å². The van der Waals surface area contributed by atoms with Crippen molar-refractivity contribution in [3.8, 4) is 11.5 Å². The molecule has 4 rings (SSSR count). The largest absolute Gasteiger partial charge is 0.493 e. The summed E-state index contributed by atoms with van der Waals surface area (Å²) in [6.07, 6.45) is 2.48. The van der Waals surface area contributed by atoms with E-state index in [1.54, 1.807) is 18.2 Å². The van der Waals surface area contributed by atoms with Gasteiger partial charge in [0, 0.05) is 41.1 Å². The molecule has 7 heteroatoms. The van der Waals surface area contributed by atoms with Crippen molar-refractivity contribution in [3.63, 3.8) is 0 Å². The topological polar surface area (TPSA) is 59.6 Å². The summed E-state index contributed by atoms with van der Waals surface area (Å²) in [7, 11) is 0. The fourth-order valence-electron chi connectivity index (χ4n) is 3.41. The molecule has 5 nitrogen and oxygen atoms in total. The lowest BCUT2D eigenvalue weighted by atomic mass is 9.97. The molecule has 2 aliphatic rings. The van der Waals surface area contributed by atoms with Crippen LogP contribution in [0.25, 0.3) is 0 Å². The molecule has 2 N–H and O–H groups in total. The van der Waals surface area contributed by atoms with Crippen LogP contribution in [0.5, 0.6) is 11.5 Å². The van der Waals surface area contributed by atoms with Crippen molar-refractivity contribution in [3.05, 3.63) is 51.0 Å². The van der Waals surface area contributed by atoms with Crippen LogP contribution in [0.4, 0.5) is 10.5 Å². The third kappa shape index (κ3) is 3.41. The summed E-state index contributed by atoms with van der Waals surface area (Å²) in [6.45, 7) is 1.89. The Morgan fingerprint density at radius 3 is 2.81 bits per heavy atom. The summed E-state index contributed by atoms with van der Waals surface area (Å²) in [5.74, 6) is 1.93. The molecule has 26 heavy (non-hydrogen) atoms. The van der Waals surface area contributed by atoms with E-state index < -0.39 is 0 Å². The second kappa shape index (κ2) is 7.25. The Kier molecular flexibility index (Phi) is 4.83. The molecular weight excluding hydrogens is 375 g/mol. The average Bonchev–Trinajstić information content (AvgIpc) is 3.25.